The molecule has 0 saturated carbocycles. The molecule has 1 amide bonds. The van der Waals surface area contributed by atoms with E-state index in [1.165, 1.54) is 5.56 Å². The Morgan fingerprint density at radius 2 is 1.60 bits per heavy atom. The molecule has 104 valence electrons. The van der Waals surface area contributed by atoms with Gasteiger partial charge in [0.1, 0.15) is 0 Å². The van der Waals surface area contributed by atoms with Crippen molar-refractivity contribution < 1.29 is 4.79 Å². The Hall–Kier alpha value is -2.29. The number of carbonyl (C=O) groups is 1. The smallest absolute Gasteiger partial charge is 0.251 e. The monoisotopic (exact) mass is 268 g/mol. The van der Waals surface area contributed by atoms with E-state index in [1.807, 2.05) is 50.4 Å². The molecule has 0 aromatic heterocycles. The molecule has 0 radical (unpaired) electrons. The van der Waals surface area contributed by atoms with Crippen LogP contribution < -0.4 is 10.6 Å². The summed E-state index contributed by atoms with van der Waals surface area (Å²) in [4.78, 5) is 12.2. The molecule has 20 heavy (non-hydrogen) atoms. The van der Waals surface area contributed by atoms with Crippen LogP contribution in [0.15, 0.2) is 48.5 Å². The molecule has 0 aliphatic rings. The summed E-state index contributed by atoms with van der Waals surface area (Å²) < 4.78 is 0. The van der Waals surface area contributed by atoms with Gasteiger partial charge in [0.2, 0.25) is 0 Å². The van der Waals surface area contributed by atoms with Crippen molar-refractivity contribution in [1.82, 2.24) is 5.32 Å². The lowest BCUT2D eigenvalue weighted by atomic mass is 10.1. The fourth-order valence-corrected chi connectivity index (χ4v) is 2.01. The molecule has 0 bridgehead atoms. The molecule has 0 aliphatic heterocycles. The van der Waals surface area contributed by atoms with Gasteiger partial charge in [0.25, 0.3) is 5.91 Å². The van der Waals surface area contributed by atoms with Gasteiger partial charge in [-0.25, -0.2) is 0 Å². The van der Waals surface area contributed by atoms with Crippen molar-refractivity contribution in [2.24, 2.45) is 0 Å². The van der Waals surface area contributed by atoms with Crippen LogP contribution in [0.2, 0.25) is 0 Å². The van der Waals surface area contributed by atoms with E-state index < -0.39 is 0 Å². The molecule has 0 heterocycles. The normalized spacial score (nSPS) is 11.8. The number of nitrogens with one attached hydrogen (secondary N) is 2. The Morgan fingerprint density at radius 1 is 1.00 bits per heavy atom. The standard InChI is InChI=1S/C17H20N2O/c1-12-4-6-14(7-5-12)13(2)19-17(20)15-8-10-16(18-3)11-9-15/h4-11,13,18H,1-3H3,(H,19,20). The highest BCUT2D eigenvalue weighted by atomic mass is 16.1. The summed E-state index contributed by atoms with van der Waals surface area (Å²) in [5.41, 5.74) is 3.99. The van der Waals surface area contributed by atoms with Gasteiger partial charge in [-0.15, -0.1) is 0 Å². The lowest BCUT2D eigenvalue weighted by Gasteiger charge is -2.15. The van der Waals surface area contributed by atoms with Gasteiger partial charge >= 0.3 is 0 Å². The van der Waals surface area contributed by atoms with Gasteiger partial charge in [0, 0.05) is 18.3 Å². The largest absolute Gasteiger partial charge is 0.388 e. The van der Waals surface area contributed by atoms with Crippen molar-refractivity contribution in [3.63, 3.8) is 0 Å². The van der Waals surface area contributed by atoms with Gasteiger partial charge < -0.3 is 10.6 Å². The van der Waals surface area contributed by atoms with E-state index in [4.69, 9.17) is 0 Å². The maximum absolute atomic E-state index is 12.2. The first-order valence-electron chi connectivity index (χ1n) is 6.75. The zero-order chi connectivity index (χ0) is 14.5. The predicted molar refractivity (Wildman–Crippen MR) is 83.0 cm³/mol. The third-order valence-corrected chi connectivity index (χ3v) is 3.36. The number of aryl methyl sites for hydroxylation is 1. The van der Waals surface area contributed by atoms with Gasteiger partial charge in [-0.2, -0.15) is 0 Å². The van der Waals surface area contributed by atoms with E-state index in [2.05, 4.69) is 29.7 Å². The SMILES string of the molecule is CNc1ccc(C(=O)NC(C)c2ccc(C)cc2)cc1. The van der Waals surface area contributed by atoms with Gasteiger partial charge in [0.15, 0.2) is 0 Å². The first kappa shape index (κ1) is 14.1. The van der Waals surface area contributed by atoms with Crippen LogP contribution in [0.3, 0.4) is 0 Å². The Labute approximate surface area is 120 Å². The third-order valence-electron chi connectivity index (χ3n) is 3.36. The summed E-state index contributed by atoms with van der Waals surface area (Å²) in [5, 5.41) is 6.04. The van der Waals surface area contributed by atoms with E-state index in [1.54, 1.807) is 0 Å². The zero-order valence-electron chi connectivity index (χ0n) is 12.1. The Kier molecular flexibility index (Phi) is 4.41. The van der Waals surface area contributed by atoms with Crippen LogP contribution in [-0.4, -0.2) is 13.0 Å². The summed E-state index contributed by atoms with van der Waals surface area (Å²) in [5.74, 6) is -0.0549. The summed E-state index contributed by atoms with van der Waals surface area (Å²) in [6.07, 6.45) is 0. The van der Waals surface area contributed by atoms with Crippen LogP contribution in [0.25, 0.3) is 0 Å². The van der Waals surface area contributed by atoms with E-state index in [9.17, 15) is 4.79 Å². The Morgan fingerprint density at radius 3 is 2.15 bits per heavy atom. The molecule has 2 aromatic carbocycles. The van der Waals surface area contributed by atoms with Crippen LogP contribution in [-0.2, 0) is 0 Å². The van der Waals surface area contributed by atoms with Crippen molar-refractivity contribution in [2.75, 3.05) is 12.4 Å². The maximum Gasteiger partial charge on any atom is 0.251 e. The number of hydrogen-bond acceptors (Lipinski definition) is 2. The molecule has 3 nitrogen and oxygen atoms in total. The van der Waals surface area contributed by atoms with E-state index in [0.717, 1.165) is 11.3 Å². The fourth-order valence-electron chi connectivity index (χ4n) is 2.01. The quantitative estimate of drug-likeness (QED) is 0.890. The number of amides is 1. The van der Waals surface area contributed by atoms with Crippen LogP contribution >= 0.6 is 0 Å². The molecule has 0 aliphatic carbocycles. The minimum absolute atomic E-state index is 0.00734. The van der Waals surface area contributed by atoms with Crippen LogP contribution in [0.4, 0.5) is 5.69 Å². The highest BCUT2D eigenvalue weighted by Crippen LogP contribution is 2.15. The number of hydrogen-bond donors (Lipinski definition) is 2. The Balaban J connectivity index is 2.04. The third kappa shape index (κ3) is 3.38. The Bertz CT molecular complexity index is 573. The molecule has 0 fully saturated rings. The minimum Gasteiger partial charge on any atom is -0.388 e. The minimum atomic E-state index is -0.0549. The first-order chi connectivity index (χ1) is 9.60. The highest BCUT2D eigenvalue weighted by Gasteiger charge is 2.11. The molecule has 1 unspecified atom stereocenters. The van der Waals surface area contributed by atoms with Crippen LogP contribution in [0.5, 0.6) is 0 Å². The molecule has 2 N–H and O–H groups in total. The van der Waals surface area contributed by atoms with Crippen molar-refractivity contribution in [3.8, 4) is 0 Å². The van der Waals surface area contributed by atoms with Gasteiger partial charge in [-0.3, -0.25) is 4.79 Å². The number of rotatable bonds is 4. The molecule has 2 aromatic rings. The number of carbonyl (C=O) groups excluding carboxylic acids is 1. The lowest BCUT2D eigenvalue weighted by molar-refractivity contribution is 0.0940. The summed E-state index contributed by atoms with van der Waals surface area (Å²) in [7, 11) is 1.86. The molecular weight excluding hydrogens is 248 g/mol. The second-order valence-corrected chi connectivity index (χ2v) is 4.93. The topological polar surface area (TPSA) is 41.1 Å². The average Bonchev–Trinajstić information content (AvgIpc) is 2.48. The average molecular weight is 268 g/mol. The highest BCUT2D eigenvalue weighted by molar-refractivity contribution is 5.94. The predicted octanol–water partition coefficient (Wildman–Crippen LogP) is 3.53. The van der Waals surface area contributed by atoms with Crippen molar-refractivity contribution in [3.05, 3.63) is 65.2 Å². The molecular formula is C17H20N2O. The lowest BCUT2D eigenvalue weighted by Crippen LogP contribution is -2.26. The van der Waals surface area contributed by atoms with Crippen molar-refractivity contribution in [2.45, 2.75) is 19.9 Å². The van der Waals surface area contributed by atoms with Gasteiger partial charge in [-0.05, 0) is 43.7 Å². The van der Waals surface area contributed by atoms with Crippen LogP contribution in [0, 0.1) is 6.92 Å². The van der Waals surface area contributed by atoms with Crippen molar-refractivity contribution >= 4 is 11.6 Å². The first-order valence-corrected chi connectivity index (χ1v) is 6.75. The van der Waals surface area contributed by atoms with Crippen LogP contribution in [0.1, 0.15) is 34.5 Å². The second-order valence-electron chi connectivity index (χ2n) is 4.93. The van der Waals surface area contributed by atoms with E-state index >= 15 is 0 Å². The van der Waals surface area contributed by atoms with Gasteiger partial charge in [-0.1, -0.05) is 29.8 Å². The van der Waals surface area contributed by atoms with Gasteiger partial charge in [0.05, 0.1) is 6.04 Å². The number of benzene rings is 2. The molecule has 1 atom stereocenters. The number of anilines is 1. The van der Waals surface area contributed by atoms with E-state index in [0.29, 0.717) is 5.56 Å². The zero-order valence-corrected chi connectivity index (χ0v) is 12.1. The molecule has 2 rings (SSSR count). The second kappa shape index (κ2) is 6.24. The summed E-state index contributed by atoms with van der Waals surface area (Å²) in [6, 6.07) is 15.6. The molecule has 3 heteroatoms. The van der Waals surface area contributed by atoms with Crippen molar-refractivity contribution in [1.29, 1.82) is 0 Å². The van der Waals surface area contributed by atoms with E-state index in [-0.39, 0.29) is 11.9 Å². The fraction of sp³-hybridized carbons (Fsp3) is 0.235. The summed E-state index contributed by atoms with van der Waals surface area (Å²) >= 11 is 0. The summed E-state index contributed by atoms with van der Waals surface area (Å²) in [6.45, 7) is 4.04. The maximum atomic E-state index is 12.2. The molecule has 0 spiro atoms. The molecule has 0 saturated heterocycles.